The highest BCUT2D eigenvalue weighted by molar-refractivity contribution is 5.11. The molecule has 0 aromatic carbocycles. The van der Waals surface area contributed by atoms with Crippen LogP contribution in [0.1, 0.15) is 0 Å². The molecule has 13 heavy (non-hydrogen) atoms. The molecule has 1 aromatic rings. The van der Waals surface area contributed by atoms with Gasteiger partial charge in [0, 0.05) is 6.07 Å². The largest absolute Gasteiger partial charge is 0.574 e. The number of nitrogens with zero attached hydrogens (tertiary/aromatic N) is 1. The normalized spacial score (nSPS) is 11.5. The van der Waals surface area contributed by atoms with E-state index < -0.39 is 24.0 Å². The molecule has 1 aromatic heterocycles. The van der Waals surface area contributed by atoms with Gasteiger partial charge in [0.15, 0.2) is 5.82 Å². The highest BCUT2D eigenvalue weighted by atomic mass is 19.4. The summed E-state index contributed by atoms with van der Waals surface area (Å²) in [5.41, 5.74) is 0. The summed E-state index contributed by atoms with van der Waals surface area (Å²) in [5.74, 6) is -4.01. The van der Waals surface area contributed by atoms with E-state index in [0.717, 1.165) is 0 Å². The Labute approximate surface area is 69.0 Å². The van der Waals surface area contributed by atoms with Crippen LogP contribution in [0.25, 0.3) is 0 Å². The van der Waals surface area contributed by atoms with Gasteiger partial charge in [0.05, 0.1) is 0 Å². The van der Waals surface area contributed by atoms with Gasteiger partial charge >= 0.3 is 6.36 Å². The van der Waals surface area contributed by atoms with Gasteiger partial charge in [-0.3, -0.25) is 0 Å². The zero-order valence-corrected chi connectivity index (χ0v) is 5.90. The van der Waals surface area contributed by atoms with Gasteiger partial charge in [-0.05, 0) is 6.07 Å². The first kappa shape index (κ1) is 9.69. The first-order chi connectivity index (χ1) is 5.88. The lowest BCUT2D eigenvalue weighted by Crippen LogP contribution is -2.18. The molecule has 0 radical (unpaired) electrons. The van der Waals surface area contributed by atoms with Crippen LogP contribution >= 0.6 is 0 Å². The van der Waals surface area contributed by atoms with Crippen LogP contribution in [-0.4, -0.2) is 11.3 Å². The Balaban J connectivity index is 2.86. The lowest BCUT2D eigenvalue weighted by atomic mass is 10.4. The Kier molecular flexibility index (Phi) is 2.35. The second-order valence-corrected chi connectivity index (χ2v) is 1.97. The Morgan fingerprint density at radius 3 is 2.23 bits per heavy atom. The van der Waals surface area contributed by atoms with Gasteiger partial charge in [0.1, 0.15) is 0 Å². The predicted molar refractivity (Wildman–Crippen MR) is 30.8 cm³/mol. The van der Waals surface area contributed by atoms with Crippen LogP contribution in [0.3, 0.4) is 0 Å². The lowest BCUT2D eigenvalue weighted by molar-refractivity contribution is -0.276. The number of ether oxygens (including phenoxy) is 1. The third kappa shape index (κ3) is 2.85. The SMILES string of the molecule is Fc1ccc(OC(F)(F)F)nc1F. The highest BCUT2D eigenvalue weighted by Gasteiger charge is 2.32. The minimum absolute atomic E-state index is 0.489. The first-order valence-corrected chi connectivity index (χ1v) is 2.96. The first-order valence-electron chi connectivity index (χ1n) is 2.96. The van der Waals surface area contributed by atoms with E-state index in [4.69, 9.17) is 0 Å². The van der Waals surface area contributed by atoms with E-state index in [1.54, 1.807) is 0 Å². The molecule has 2 nitrogen and oxygen atoms in total. The Hall–Kier alpha value is -1.40. The van der Waals surface area contributed by atoms with Crippen molar-refractivity contribution in [1.29, 1.82) is 0 Å². The van der Waals surface area contributed by atoms with Gasteiger partial charge in [-0.2, -0.15) is 9.37 Å². The van der Waals surface area contributed by atoms with Crippen molar-refractivity contribution in [3.63, 3.8) is 0 Å². The van der Waals surface area contributed by atoms with Crippen LogP contribution in [0.4, 0.5) is 22.0 Å². The summed E-state index contributed by atoms with van der Waals surface area (Å²) in [6, 6.07) is 1.06. The van der Waals surface area contributed by atoms with Crippen molar-refractivity contribution in [2.45, 2.75) is 6.36 Å². The number of hydrogen-bond acceptors (Lipinski definition) is 2. The average Bonchev–Trinajstić information content (AvgIpc) is 1.94. The average molecular weight is 199 g/mol. The van der Waals surface area contributed by atoms with Crippen LogP contribution in [0, 0.1) is 11.8 Å². The molecule has 0 unspecified atom stereocenters. The molecular formula is C6H2F5NO. The highest BCUT2D eigenvalue weighted by Crippen LogP contribution is 2.21. The second kappa shape index (κ2) is 3.15. The Morgan fingerprint density at radius 2 is 1.77 bits per heavy atom. The summed E-state index contributed by atoms with van der Waals surface area (Å²) >= 11 is 0. The van der Waals surface area contributed by atoms with E-state index in [1.807, 2.05) is 0 Å². The standard InChI is InChI=1S/C6H2F5NO/c7-3-1-2-4(12-5(3)8)13-6(9,10)11/h1-2H. The van der Waals surface area contributed by atoms with Gasteiger partial charge in [-0.25, -0.2) is 4.39 Å². The summed E-state index contributed by atoms with van der Waals surface area (Å²) < 4.78 is 62.1. The molecule has 0 aliphatic rings. The zero-order chi connectivity index (χ0) is 10.1. The fraction of sp³-hybridized carbons (Fsp3) is 0.167. The van der Waals surface area contributed by atoms with Crippen LogP contribution < -0.4 is 4.74 Å². The molecule has 0 bridgehead atoms. The third-order valence-electron chi connectivity index (χ3n) is 0.998. The smallest absolute Gasteiger partial charge is 0.388 e. The van der Waals surface area contributed by atoms with E-state index in [9.17, 15) is 22.0 Å². The van der Waals surface area contributed by atoms with Crippen LogP contribution in [0.15, 0.2) is 12.1 Å². The second-order valence-electron chi connectivity index (χ2n) is 1.97. The predicted octanol–water partition coefficient (Wildman–Crippen LogP) is 2.26. The van der Waals surface area contributed by atoms with Gasteiger partial charge in [0.25, 0.3) is 5.95 Å². The lowest BCUT2D eigenvalue weighted by Gasteiger charge is -2.06. The molecule has 1 heterocycles. The Bertz CT molecular complexity index is 310. The van der Waals surface area contributed by atoms with E-state index in [2.05, 4.69) is 9.72 Å². The minimum atomic E-state index is -4.96. The molecule has 0 aliphatic heterocycles. The minimum Gasteiger partial charge on any atom is -0.388 e. The van der Waals surface area contributed by atoms with Crippen LogP contribution in [0.2, 0.25) is 0 Å². The number of halogens is 5. The molecule has 0 N–H and O–H groups in total. The number of alkyl halides is 3. The fourth-order valence-corrected chi connectivity index (χ4v) is 0.576. The van der Waals surface area contributed by atoms with Crippen molar-refractivity contribution in [2.75, 3.05) is 0 Å². The molecule has 0 fully saturated rings. The maximum Gasteiger partial charge on any atom is 0.574 e. The van der Waals surface area contributed by atoms with E-state index >= 15 is 0 Å². The quantitative estimate of drug-likeness (QED) is 0.511. The molecule has 0 aliphatic carbocycles. The van der Waals surface area contributed by atoms with Crippen molar-refractivity contribution >= 4 is 0 Å². The number of hydrogen-bond donors (Lipinski definition) is 0. The molecule has 7 heteroatoms. The molecule has 1 rings (SSSR count). The monoisotopic (exact) mass is 199 g/mol. The maximum atomic E-state index is 12.2. The van der Waals surface area contributed by atoms with Gasteiger partial charge < -0.3 is 4.74 Å². The van der Waals surface area contributed by atoms with E-state index in [0.29, 0.717) is 12.1 Å². The Morgan fingerprint density at radius 1 is 1.15 bits per heavy atom. The molecule has 0 saturated heterocycles. The van der Waals surface area contributed by atoms with Gasteiger partial charge in [-0.15, -0.1) is 13.2 Å². The van der Waals surface area contributed by atoms with Gasteiger partial charge in [0.2, 0.25) is 5.88 Å². The number of rotatable bonds is 1. The van der Waals surface area contributed by atoms with Crippen molar-refractivity contribution in [2.24, 2.45) is 0 Å². The summed E-state index contributed by atoms with van der Waals surface area (Å²) in [7, 11) is 0. The molecule has 0 saturated carbocycles. The third-order valence-corrected chi connectivity index (χ3v) is 0.998. The van der Waals surface area contributed by atoms with Crippen molar-refractivity contribution < 1.29 is 26.7 Å². The summed E-state index contributed by atoms with van der Waals surface area (Å²) in [6.45, 7) is 0. The zero-order valence-electron chi connectivity index (χ0n) is 5.90. The van der Waals surface area contributed by atoms with E-state index in [1.165, 1.54) is 0 Å². The summed E-state index contributed by atoms with van der Waals surface area (Å²) in [4.78, 5) is 2.57. The van der Waals surface area contributed by atoms with Crippen molar-refractivity contribution in [3.8, 4) is 5.88 Å². The van der Waals surface area contributed by atoms with Gasteiger partial charge in [-0.1, -0.05) is 0 Å². The summed E-state index contributed by atoms with van der Waals surface area (Å²) in [6.07, 6.45) is -4.96. The maximum absolute atomic E-state index is 12.2. The van der Waals surface area contributed by atoms with E-state index in [-0.39, 0.29) is 0 Å². The topological polar surface area (TPSA) is 22.1 Å². The van der Waals surface area contributed by atoms with Crippen molar-refractivity contribution in [1.82, 2.24) is 4.98 Å². The molecule has 0 atom stereocenters. The fourth-order valence-electron chi connectivity index (χ4n) is 0.576. The molecule has 0 amide bonds. The van der Waals surface area contributed by atoms with Crippen LogP contribution in [0.5, 0.6) is 5.88 Å². The van der Waals surface area contributed by atoms with Crippen molar-refractivity contribution in [3.05, 3.63) is 23.9 Å². The summed E-state index contributed by atoms with van der Waals surface area (Å²) in [5, 5.41) is 0. The molecule has 72 valence electrons. The molecule has 0 spiro atoms. The molecular weight excluding hydrogens is 197 g/mol. The number of pyridine rings is 1. The van der Waals surface area contributed by atoms with Crippen LogP contribution in [-0.2, 0) is 0 Å². The number of aromatic nitrogens is 1.